The van der Waals surface area contributed by atoms with E-state index in [0.717, 1.165) is 35.8 Å². The van der Waals surface area contributed by atoms with Crippen LogP contribution in [0.25, 0.3) is 0 Å². The van der Waals surface area contributed by atoms with Gasteiger partial charge in [-0.25, -0.2) is 18.4 Å². The fraction of sp³-hybridized carbons (Fsp3) is 0.692. The van der Waals surface area contributed by atoms with E-state index in [2.05, 4.69) is 22.2 Å². The van der Waals surface area contributed by atoms with Gasteiger partial charge >= 0.3 is 0 Å². The molecule has 1 aliphatic heterocycles. The average Bonchev–Trinajstić information content (AvgIpc) is 2.47. The zero-order valence-electron chi connectivity index (χ0n) is 12.7. The Morgan fingerprint density at radius 1 is 1.48 bits per heavy atom. The molecule has 21 heavy (non-hydrogen) atoms. The predicted octanol–water partition coefficient (Wildman–Crippen LogP) is 1.39. The summed E-state index contributed by atoms with van der Waals surface area (Å²) in [6, 6.07) is 0. The Kier molecular flexibility index (Phi) is 5.32. The molecule has 1 aromatic heterocycles. The van der Waals surface area contributed by atoms with E-state index in [1.165, 1.54) is 12.6 Å². The smallest absolute Gasteiger partial charge is 0.169 e. The molecule has 2 heterocycles. The summed E-state index contributed by atoms with van der Waals surface area (Å²) in [7, 11) is -1.33. The standard InChI is InChI=1S/C13H22N4O2S2/c1-4-5-10-12(14-2)15-9-16-13(10)17-6-7-20-8-11(17)21(3,18)19/h9,11H,4-8H2,1-3H3,(H,14,15,16). The van der Waals surface area contributed by atoms with Crippen molar-refractivity contribution < 1.29 is 8.42 Å². The molecule has 2 rings (SSSR count). The molecule has 1 saturated heterocycles. The number of rotatable bonds is 5. The minimum absolute atomic E-state index is 0.508. The van der Waals surface area contributed by atoms with Crippen molar-refractivity contribution in [3.8, 4) is 0 Å². The van der Waals surface area contributed by atoms with E-state index >= 15 is 0 Å². The van der Waals surface area contributed by atoms with Gasteiger partial charge in [0.15, 0.2) is 9.84 Å². The van der Waals surface area contributed by atoms with E-state index in [0.29, 0.717) is 12.3 Å². The molecule has 0 radical (unpaired) electrons. The minimum atomic E-state index is -3.15. The normalized spacial score (nSPS) is 19.6. The van der Waals surface area contributed by atoms with E-state index in [1.807, 2.05) is 11.9 Å². The molecule has 8 heteroatoms. The van der Waals surface area contributed by atoms with Gasteiger partial charge in [0.1, 0.15) is 23.3 Å². The first-order valence-electron chi connectivity index (χ1n) is 7.04. The molecule has 1 aromatic rings. The van der Waals surface area contributed by atoms with Crippen LogP contribution >= 0.6 is 11.8 Å². The molecule has 1 atom stereocenters. The molecule has 0 saturated carbocycles. The van der Waals surface area contributed by atoms with Crippen LogP contribution in [0.3, 0.4) is 0 Å². The zero-order valence-corrected chi connectivity index (χ0v) is 14.3. The number of nitrogens with one attached hydrogen (secondary N) is 1. The molecule has 1 unspecified atom stereocenters. The van der Waals surface area contributed by atoms with Crippen LogP contribution in [-0.2, 0) is 16.3 Å². The van der Waals surface area contributed by atoms with Gasteiger partial charge in [0.2, 0.25) is 0 Å². The first-order valence-corrected chi connectivity index (χ1v) is 10.1. The van der Waals surface area contributed by atoms with Crippen molar-refractivity contribution in [1.29, 1.82) is 0 Å². The zero-order chi connectivity index (χ0) is 15.5. The van der Waals surface area contributed by atoms with Gasteiger partial charge in [-0.15, -0.1) is 0 Å². The predicted molar refractivity (Wildman–Crippen MR) is 88.9 cm³/mol. The Morgan fingerprint density at radius 2 is 2.24 bits per heavy atom. The number of hydrogen-bond donors (Lipinski definition) is 1. The summed E-state index contributed by atoms with van der Waals surface area (Å²) in [5, 5.41) is 2.57. The van der Waals surface area contributed by atoms with Gasteiger partial charge in [0.25, 0.3) is 0 Å². The van der Waals surface area contributed by atoms with E-state index in [-0.39, 0.29) is 0 Å². The topological polar surface area (TPSA) is 75.2 Å². The van der Waals surface area contributed by atoms with Gasteiger partial charge < -0.3 is 10.2 Å². The maximum atomic E-state index is 12.1. The fourth-order valence-electron chi connectivity index (χ4n) is 2.52. The molecule has 0 amide bonds. The average molecular weight is 330 g/mol. The largest absolute Gasteiger partial charge is 0.373 e. The van der Waals surface area contributed by atoms with Gasteiger partial charge in [0.05, 0.1) is 0 Å². The molecule has 6 nitrogen and oxygen atoms in total. The van der Waals surface area contributed by atoms with Crippen LogP contribution in [0.5, 0.6) is 0 Å². The summed E-state index contributed by atoms with van der Waals surface area (Å²) in [5.41, 5.74) is 1.00. The Morgan fingerprint density at radius 3 is 2.86 bits per heavy atom. The van der Waals surface area contributed by atoms with E-state index < -0.39 is 15.2 Å². The van der Waals surface area contributed by atoms with Crippen molar-refractivity contribution in [2.24, 2.45) is 0 Å². The summed E-state index contributed by atoms with van der Waals surface area (Å²) < 4.78 is 24.2. The highest BCUT2D eigenvalue weighted by molar-refractivity contribution is 8.01. The summed E-state index contributed by atoms with van der Waals surface area (Å²) in [4.78, 5) is 10.6. The summed E-state index contributed by atoms with van der Waals surface area (Å²) >= 11 is 1.68. The second-order valence-corrected chi connectivity index (χ2v) is 8.43. The van der Waals surface area contributed by atoms with Crippen molar-refractivity contribution in [3.05, 3.63) is 11.9 Å². The molecule has 0 aliphatic carbocycles. The first kappa shape index (κ1) is 16.4. The van der Waals surface area contributed by atoms with Crippen LogP contribution in [0.2, 0.25) is 0 Å². The maximum Gasteiger partial charge on any atom is 0.169 e. The molecular weight excluding hydrogens is 308 g/mol. The van der Waals surface area contributed by atoms with Crippen molar-refractivity contribution >= 4 is 33.2 Å². The molecule has 0 spiro atoms. The Labute approximate surface area is 130 Å². The Bertz CT molecular complexity index is 592. The van der Waals surface area contributed by atoms with Crippen LogP contribution in [0, 0.1) is 0 Å². The number of thioether (sulfide) groups is 1. The quantitative estimate of drug-likeness (QED) is 0.874. The minimum Gasteiger partial charge on any atom is -0.373 e. The fourth-order valence-corrected chi connectivity index (χ4v) is 5.34. The van der Waals surface area contributed by atoms with Crippen molar-refractivity contribution in [2.75, 3.05) is 41.6 Å². The Balaban J connectivity index is 2.47. The number of anilines is 2. The summed E-state index contributed by atoms with van der Waals surface area (Å²) in [6.45, 7) is 2.79. The highest BCUT2D eigenvalue weighted by Crippen LogP contribution is 2.31. The third kappa shape index (κ3) is 3.60. The van der Waals surface area contributed by atoms with Crippen LogP contribution < -0.4 is 10.2 Å². The third-order valence-corrected chi connectivity index (χ3v) is 6.15. The lowest BCUT2D eigenvalue weighted by molar-refractivity contribution is 0.583. The molecule has 1 fully saturated rings. The highest BCUT2D eigenvalue weighted by Gasteiger charge is 2.33. The van der Waals surface area contributed by atoms with E-state index in [9.17, 15) is 8.42 Å². The monoisotopic (exact) mass is 330 g/mol. The van der Waals surface area contributed by atoms with Gasteiger partial charge in [-0.1, -0.05) is 13.3 Å². The Hall–Kier alpha value is -1.02. The highest BCUT2D eigenvalue weighted by atomic mass is 32.2. The molecule has 1 aliphatic rings. The number of hydrogen-bond acceptors (Lipinski definition) is 7. The SMILES string of the molecule is CCCc1c(NC)ncnc1N1CCSCC1S(C)(=O)=O. The van der Waals surface area contributed by atoms with Crippen LogP contribution in [0.15, 0.2) is 6.33 Å². The number of sulfone groups is 1. The van der Waals surface area contributed by atoms with Gasteiger partial charge in [-0.05, 0) is 6.42 Å². The van der Waals surface area contributed by atoms with Crippen molar-refractivity contribution in [1.82, 2.24) is 9.97 Å². The number of aromatic nitrogens is 2. The second kappa shape index (κ2) is 6.83. The van der Waals surface area contributed by atoms with E-state index in [4.69, 9.17) is 0 Å². The first-order chi connectivity index (χ1) is 9.99. The molecule has 0 bridgehead atoms. The van der Waals surface area contributed by atoms with Crippen LogP contribution in [-0.4, -0.2) is 55.1 Å². The van der Waals surface area contributed by atoms with Crippen molar-refractivity contribution in [3.63, 3.8) is 0 Å². The van der Waals surface area contributed by atoms with Crippen LogP contribution in [0.1, 0.15) is 18.9 Å². The molecule has 1 N–H and O–H groups in total. The number of nitrogens with zero attached hydrogens (tertiary/aromatic N) is 3. The lowest BCUT2D eigenvalue weighted by Crippen LogP contribution is -2.47. The lowest BCUT2D eigenvalue weighted by atomic mass is 10.1. The van der Waals surface area contributed by atoms with E-state index in [1.54, 1.807) is 11.8 Å². The maximum absolute atomic E-state index is 12.1. The molecule has 0 aromatic carbocycles. The van der Waals surface area contributed by atoms with Gasteiger partial charge in [-0.3, -0.25) is 0 Å². The molecule has 118 valence electrons. The molecular formula is C13H22N4O2S2. The summed E-state index contributed by atoms with van der Waals surface area (Å²) in [5.74, 6) is 3.04. The van der Waals surface area contributed by atoms with Crippen LogP contribution in [0.4, 0.5) is 11.6 Å². The van der Waals surface area contributed by atoms with Gasteiger partial charge in [0, 0.05) is 36.9 Å². The lowest BCUT2D eigenvalue weighted by Gasteiger charge is -2.36. The third-order valence-electron chi connectivity index (χ3n) is 3.51. The second-order valence-electron chi connectivity index (χ2n) is 5.08. The van der Waals surface area contributed by atoms with Crippen molar-refractivity contribution in [2.45, 2.75) is 25.1 Å². The van der Waals surface area contributed by atoms with Gasteiger partial charge in [-0.2, -0.15) is 11.8 Å². The summed E-state index contributed by atoms with van der Waals surface area (Å²) in [6.07, 6.45) is 4.59.